The van der Waals surface area contributed by atoms with E-state index in [1.807, 2.05) is 0 Å². The summed E-state index contributed by atoms with van der Waals surface area (Å²) in [5, 5.41) is 9.54. The lowest BCUT2D eigenvalue weighted by Crippen LogP contribution is -2.22. The smallest absolute Gasteiger partial charge is 0.0898 e. The van der Waals surface area contributed by atoms with Gasteiger partial charge in [0.05, 0.1) is 10.7 Å². The van der Waals surface area contributed by atoms with Gasteiger partial charge in [0.1, 0.15) is 0 Å². The first kappa shape index (κ1) is 14.2. The largest absolute Gasteiger partial charge is 0.302 e. The summed E-state index contributed by atoms with van der Waals surface area (Å²) < 4.78 is 0. The number of benzene rings is 2. The molecule has 0 saturated heterocycles. The van der Waals surface area contributed by atoms with Crippen LogP contribution in [0.15, 0.2) is 47.8 Å². The summed E-state index contributed by atoms with van der Waals surface area (Å²) in [6.45, 7) is 6.45. The highest BCUT2D eigenvalue weighted by Gasteiger charge is 2.14. The monoisotopic (exact) mass is 296 g/mol. The molecule has 2 unspecified atom stereocenters. The number of aromatic nitrogens is 1. The molecule has 0 saturated carbocycles. The summed E-state index contributed by atoms with van der Waals surface area (Å²) in [6.07, 6.45) is 0. The highest BCUT2D eigenvalue weighted by Crippen LogP contribution is 2.26. The Bertz CT molecular complexity index is 742. The molecule has 2 nitrogen and oxygen atoms in total. The zero-order valence-corrected chi connectivity index (χ0v) is 13.4. The zero-order valence-electron chi connectivity index (χ0n) is 12.6. The summed E-state index contributed by atoms with van der Waals surface area (Å²) in [5.74, 6) is 0. The van der Waals surface area contributed by atoms with E-state index in [-0.39, 0.29) is 12.1 Å². The Labute approximate surface area is 129 Å². The predicted octanol–water partition coefficient (Wildman–Crippen LogP) is 5.02. The van der Waals surface area contributed by atoms with Crippen LogP contribution >= 0.6 is 11.3 Å². The van der Waals surface area contributed by atoms with Crippen molar-refractivity contribution in [3.8, 4) is 0 Å². The van der Waals surface area contributed by atoms with E-state index in [0.717, 1.165) is 10.7 Å². The Kier molecular flexibility index (Phi) is 4.04. The first-order valence-corrected chi connectivity index (χ1v) is 8.19. The van der Waals surface area contributed by atoms with Crippen molar-refractivity contribution in [1.29, 1.82) is 0 Å². The third kappa shape index (κ3) is 2.99. The quantitative estimate of drug-likeness (QED) is 0.731. The molecule has 0 spiro atoms. The molecule has 0 fully saturated rings. The second kappa shape index (κ2) is 5.96. The Morgan fingerprint density at radius 2 is 1.76 bits per heavy atom. The number of thiazole rings is 1. The van der Waals surface area contributed by atoms with Crippen molar-refractivity contribution in [2.24, 2.45) is 0 Å². The van der Waals surface area contributed by atoms with Gasteiger partial charge in [-0.05, 0) is 37.1 Å². The Balaban J connectivity index is 1.85. The van der Waals surface area contributed by atoms with Crippen LogP contribution in [0.2, 0.25) is 0 Å². The van der Waals surface area contributed by atoms with Gasteiger partial charge in [-0.2, -0.15) is 0 Å². The zero-order chi connectivity index (χ0) is 14.8. The first-order chi connectivity index (χ1) is 10.1. The maximum absolute atomic E-state index is 4.58. The lowest BCUT2D eigenvalue weighted by atomic mass is 9.99. The normalized spacial score (nSPS) is 14.2. The topological polar surface area (TPSA) is 24.9 Å². The van der Waals surface area contributed by atoms with Gasteiger partial charge in [-0.1, -0.05) is 42.5 Å². The van der Waals surface area contributed by atoms with Crippen LogP contribution in [0.5, 0.6) is 0 Å². The highest BCUT2D eigenvalue weighted by atomic mass is 32.1. The summed E-state index contributed by atoms with van der Waals surface area (Å²) >= 11 is 1.71. The standard InChI is InChI=1S/C18H20N2S/c1-12(19-13(2)18-11-21-14(3)20-18)16-10-6-8-15-7-4-5-9-17(15)16/h4-13,19H,1-3H3. The maximum atomic E-state index is 4.58. The molecule has 0 aliphatic rings. The molecule has 1 heterocycles. The lowest BCUT2D eigenvalue weighted by Gasteiger charge is -2.20. The molecule has 0 aliphatic heterocycles. The Morgan fingerprint density at radius 3 is 2.52 bits per heavy atom. The fraction of sp³-hybridized carbons (Fsp3) is 0.278. The molecule has 1 aromatic heterocycles. The van der Waals surface area contributed by atoms with Gasteiger partial charge in [0.25, 0.3) is 0 Å². The average molecular weight is 296 g/mol. The molecule has 1 N–H and O–H groups in total. The molecule has 3 aromatic rings. The predicted molar refractivity (Wildman–Crippen MR) is 90.8 cm³/mol. The van der Waals surface area contributed by atoms with Crippen LogP contribution in [0.3, 0.4) is 0 Å². The number of rotatable bonds is 4. The van der Waals surface area contributed by atoms with E-state index in [2.05, 4.69) is 78.9 Å². The van der Waals surface area contributed by atoms with Gasteiger partial charge in [0, 0.05) is 17.5 Å². The van der Waals surface area contributed by atoms with Crippen LogP contribution in [0, 0.1) is 6.92 Å². The minimum Gasteiger partial charge on any atom is -0.302 e. The van der Waals surface area contributed by atoms with E-state index in [0.29, 0.717) is 0 Å². The molecule has 3 rings (SSSR count). The van der Waals surface area contributed by atoms with Crippen LogP contribution in [-0.4, -0.2) is 4.98 Å². The molecule has 3 heteroatoms. The summed E-state index contributed by atoms with van der Waals surface area (Å²) in [6, 6.07) is 15.6. The van der Waals surface area contributed by atoms with Crippen molar-refractivity contribution in [2.45, 2.75) is 32.9 Å². The van der Waals surface area contributed by atoms with Gasteiger partial charge in [-0.25, -0.2) is 4.98 Å². The molecule has 0 aliphatic carbocycles. The van der Waals surface area contributed by atoms with Gasteiger partial charge in [-0.15, -0.1) is 11.3 Å². The second-order valence-electron chi connectivity index (χ2n) is 5.47. The molecule has 0 bridgehead atoms. The van der Waals surface area contributed by atoms with E-state index in [4.69, 9.17) is 0 Å². The summed E-state index contributed by atoms with van der Waals surface area (Å²) in [7, 11) is 0. The molecular weight excluding hydrogens is 276 g/mol. The van der Waals surface area contributed by atoms with Gasteiger partial charge < -0.3 is 5.32 Å². The summed E-state index contributed by atoms with van der Waals surface area (Å²) in [4.78, 5) is 4.58. The molecular formula is C18H20N2S. The van der Waals surface area contributed by atoms with Crippen molar-refractivity contribution < 1.29 is 0 Å². The van der Waals surface area contributed by atoms with Crippen molar-refractivity contribution in [3.63, 3.8) is 0 Å². The van der Waals surface area contributed by atoms with Gasteiger partial charge in [-0.3, -0.25) is 0 Å². The van der Waals surface area contributed by atoms with Gasteiger partial charge in [0.2, 0.25) is 0 Å². The van der Waals surface area contributed by atoms with Crippen LogP contribution in [-0.2, 0) is 0 Å². The fourth-order valence-corrected chi connectivity index (χ4v) is 3.46. The Morgan fingerprint density at radius 1 is 1.00 bits per heavy atom. The van der Waals surface area contributed by atoms with Crippen molar-refractivity contribution in [3.05, 3.63) is 64.1 Å². The van der Waals surface area contributed by atoms with Crippen LogP contribution < -0.4 is 5.32 Å². The molecule has 108 valence electrons. The van der Waals surface area contributed by atoms with Gasteiger partial charge in [0.15, 0.2) is 0 Å². The number of fused-ring (bicyclic) bond motifs is 1. The third-order valence-electron chi connectivity index (χ3n) is 3.87. The van der Waals surface area contributed by atoms with Crippen LogP contribution in [0.1, 0.15) is 42.2 Å². The molecule has 0 amide bonds. The van der Waals surface area contributed by atoms with Gasteiger partial charge >= 0.3 is 0 Å². The Hall–Kier alpha value is -1.71. The lowest BCUT2D eigenvalue weighted by molar-refractivity contribution is 0.489. The van der Waals surface area contributed by atoms with Crippen molar-refractivity contribution in [1.82, 2.24) is 10.3 Å². The first-order valence-electron chi connectivity index (χ1n) is 7.31. The molecule has 2 atom stereocenters. The van der Waals surface area contributed by atoms with Crippen molar-refractivity contribution in [2.75, 3.05) is 0 Å². The number of hydrogen-bond donors (Lipinski definition) is 1. The van der Waals surface area contributed by atoms with Crippen molar-refractivity contribution >= 4 is 22.1 Å². The van der Waals surface area contributed by atoms with E-state index in [1.165, 1.54) is 16.3 Å². The average Bonchev–Trinajstić information content (AvgIpc) is 2.93. The third-order valence-corrected chi connectivity index (χ3v) is 4.66. The number of nitrogens with one attached hydrogen (secondary N) is 1. The minimum absolute atomic E-state index is 0.254. The van der Waals surface area contributed by atoms with Crippen LogP contribution in [0.25, 0.3) is 10.8 Å². The molecule has 2 aromatic carbocycles. The number of aryl methyl sites for hydroxylation is 1. The second-order valence-corrected chi connectivity index (χ2v) is 6.53. The minimum atomic E-state index is 0.254. The fourth-order valence-electron chi connectivity index (χ4n) is 2.76. The van der Waals surface area contributed by atoms with Crippen LogP contribution in [0.4, 0.5) is 0 Å². The number of nitrogens with zero attached hydrogens (tertiary/aromatic N) is 1. The molecule has 0 radical (unpaired) electrons. The van der Waals surface area contributed by atoms with E-state index < -0.39 is 0 Å². The van der Waals surface area contributed by atoms with E-state index in [9.17, 15) is 0 Å². The van der Waals surface area contributed by atoms with E-state index in [1.54, 1.807) is 11.3 Å². The maximum Gasteiger partial charge on any atom is 0.0898 e. The highest BCUT2D eigenvalue weighted by molar-refractivity contribution is 7.09. The number of hydrogen-bond acceptors (Lipinski definition) is 3. The SMILES string of the molecule is Cc1nc(C(C)NC(C)c2cccc3ccccc23)cs1. The van der Waals surface area contributed by atoms with E-state index >= 15 is 0 Å². The molecule has 21 heavy (non-hydrogen) atoms. The summed E-state index contributed by atoms with van der Waals surface area (Å²) in [5.41, 5.74) is 2.47.